The van der Waals surface area contributed by atoms with E-state index in [2.05, 4.69) is 30.1 Å². The van der Waals surface area contributed by atoms with E-state index in [0.717, 1.165) is 55.3 Å². The Hall–Kier alpha value is -2.25. The van der Waals surface area contributed by atoms with Gasteiger partial charge in [0, 0.05) is 31.4 Å². The molecule has 186 valence electrons. The first kappa shape index (κ1) is 26.4. The summed E-state index contributed by atoms with van der Waals surface area (Å²) in [6.45, 7) is 7.40. The Morgan fingerprint density at radius 2 is 1.56 bits per heavy atom. The smallest absolute Gasteiger partial charge is 0.305 e. The number of unbranched alkanes of at least 4 members (excludes halogenated alkanes) is 7. The van der Waals surface area contributed by atoms with E-state index in [9.17, 15) is 17.8 Å². The average Bonchev–Trinajstić information content (AvgIpc) is 2.99. The average molecular weight is 488 g/mol. The van der Waals surface area contributed by atoms with Crippen molar-refractivity contribution >= 4 is 38.3 Å². The SMILES string of the molecule is COC(=O)CCCCCCCCCC[N+]1=C(C)C(C)(C)c2c1ccc1c(S(=O)(=O)[O-])cccc21. The lowest BCUT2D eigenvalue weighted by molar-refractivity contribution is -0.439. The van der Waals surface area contributed by atoms with Gasteiger partial charge in [-0.2, -0.15) is 4.58 Å². The third-order valence-electron chi connectivity index (χ3n) is 7.23. The van der Waals surface area contributed by atoms with Gasteiger partial charge in [-0.25, -0.2) is 8.42 Å². The zero-order chi connectivity index (χ0) is 24.9. The van der Waals surface area contributed by atoms with E-state index < -0.39 is 10.1 Å². The fourth-order valence-corrected chi connectivity index (χ4v) is 5.80. The molecule has 1 aliphatic rings. The third-order valence-corrected chi connectivity index (χ3v) is 8.13. The molecule has 0 saturated heterocycles. The lowest BCUT2D eigenvalue weighted by Gasteiger charge is -2.18. The van der Waals surface area contributed by atoms with Crippen molar-refractivity contribution in [1.82, 2.24) is 0 Å². The minimum atomic E-state index is -4.54. The molecule has 0 radical (unpaired) electrons. The molecule has 0 amide bonds. The van der Waals surface area contributed by atoms with Gasteiger partial charge < -0.3 is 9.29 Å². The molecule has 0 atom stereocenters. The summed E-state index contributed by atoms with van der Waals surface area (Å²) in [5.74, 6) is -0.123. The van der Waals surface area contributed by atoms with Crippen molar-refractivity contribution in [2.75, 3.05) is 13.7 Å². The number of ether oxygens (including phenoxy) is 1. The lowest BCUT2D eigenvalue weighted by Crippen LogP contribution is -2.27. The molecule has 34 heavy (non-hydrogen) atoms. The highest BCUT2D eigenvalue weighted by atomic mass is 32.2. The second-order valence-corrected chi connectivity index (χ2v) is 11.1. The fourth-order valence-electron chi connectivity index (χ4n) is 5.11. The zero-order valence-electron chi connectivity index (χ0n) is 20.9. The van der Waals surface area contributed by atoms with Crippen LogP contribution in [0.4, 0.5) is 5.69 Å². The monoisotopic (exact) mass is 487 g/mol. The standard InChI is InChI=1S/C27H37NO5S/c1-20-27(2,3)26-22-14-13-15-24(34(30,31)32)21(22)17-18-23(26)28(20)19-12-10-8-6-5-7-9-11-16-25(29)33-4/h13-15,17-18H,5-12,16,19H2,1-4H3. The Labute approximate surface area is 203 Å². The second kappa shape index (κ2) is 11.0. The van der Waals surface area contributed by atoms with Crippen molar-refractivity contribution in [3.63, 3.8) is 0 Å². The van der Waals surface area contributed by atoms with Gasteiger partial charge in [-0.15, -0.1) is 0 Å². The number of hydrogen-bond acceptors (Lipinski definition) is 5. The number of carbonyl (C=O) groups excluding carboxylic acids is 1. The van der Waals surface area contributed by atoms with Crippen LogP contribution in [-0.2, 0) is 25.1 Å². The van der Waals surface area contributed by atoms with Gasteiger partial charge in [0.1, 0.15) is 16.7 Å². The van der Waals surface area contributed by atoms with Crippen molar-refractivity contribution in [2.24, 2.45) is 0 Å². The minimum absolute atomic E-state index is 0.123. The van der Waals surface area contributed by atoms with E-state index >= 15 is 0 Å². The van der Waals surface area contributed by atoms with Crippen LogP contribution in [0.5, 0.6) is 0 Å². The maximum Gasteiger partial charge on any atom is 0.305 e. The normalized spacial score (nSPS) is 15.1. The van der Waals surface area contributed by atoms with Crippen LogP contribution >= 0.6 is 0 Å². The van der Waals surface area contributed by atoms with Crippen LogP contribution < -0.4 is 0 Å². The number of rotatable bonds is 12. The summed E-state index contributed by atoms with van der Waals surface area (Å²) >= 11 is 0. The van der Waals surface area contributed by atoms with Crippen molar-refractivity contribution in [1.29, 1.82) is 0 Å². The summed E-state index contributed by atoms with van der Waals surface area (Å²) in [6.07, 6.45) is 9.51. The Balaban J connectivity index is 1.60. The van der Waals surface area contributed by atoms with Gasteiger partial charge in [-0.3, -0.25) is 4.79 Å². The van der Waals surface area contributed by atoms with Crippen molar-refractivity contribution < 1.29 is 27.1 Å². The highest BCUT2D eigenvalue weighted by Crippen LogP contribution is 2.44. The summed E-state index contributed by atoms with van der Waals surface area (Å²) in [4.78, 5) is 11.0. The fraction of sp³-hybridized carbons (Fsp3) is 0.556. The van der Waals surface area contributed by atoms with E-state index in [1.165, 1.54) is 38.2 Å². The second-order valence-electron chi connectivity index (χ2n) is 9.78. The quantitative estimate of drug-likeness (QED) is 0.163. The van der Waals surface area contributed by atoms with Crippen LogP contribution in [0.3, 0.4) is 0 Å². The Morgan fingerprint density at radius 3 is 2.18 bits per heavy atom. The van der Waals surface area contributed by atoms with Gasteiger partial charge in [0.15, 0.2) is 5.71 Å². The number of carbonyl (C=O) groups is 1. The Morgan fingerprint density at radius 1 is 0.941 bits per heavy atom. The Bertz CT molecular complexity index is 1180. The van der Waals surface area contributed by atoms with Crippen LogP contribution in [0.15, 0.2) is 35.2 Å². The van der Waals surface area contributed by atoms with E-state index in [1.807, 2.05) is 12.1 Å². The topological polar surface area (TPSA) is 86.5 Å². The van der Waals surface area contributed by atoms with Gasteiger partial charge in [0.2, 0.25) is 5.69 Å². The molecular weight excluding hydrogens is 450 g/mol. The number of nitrogens with zero attached hydrogens (tertiary/aromatic N) is 1. The molecule has 0 unspecified atom stereocenters. The van der Waals surface area contributed by atoms with Gasteiger partial charge >= 0.3 is 5.97 Å². The van der Waals surface area contributed by atoms with Crippen LogP contribution in [-0.4, -0.2) is 42.9 Å². The number of benzene rings is 2. The van der Waals surface area contributed by atoms with Crippen LogP contribution in [0.2, 0.25) is 0 Å². The molecule has 0 N–H and O–H groups in total. The van der Waals surface area contributed by atoms with Crippen molar-refractivity contribution in [3.05, 3.63) is 35.9 Å². The molecule has 0 bridgehead atoms. The molecule has 0 spiro atoms. The molecule has 0 aliphatic carbocycles. The Kier molecular flexibility index (Phi) is 8.52. The van der Waals surface area contributed by atoms with Crippen LogP contribution in [0.25, 0.3) is 10.8 Å². The first-order valence-corrected chi connectivity index (χ1v) is 13.7. The molecule has 0 saturated carbocycles. The summed E-state index contributed by atoms with van der Waals surface area (Å²) < 4.78 is 42.4. The van der Waals surface area contributed by atoms with Gasteiger partial charge in [-0.05, 0) is 49.6 Å². The van der Waals surface area contributed by atoms with Gasteiger partial charge in [0.05, 0.1) is 17.4 Å². The van der Waals surface area contributed by atoms with Gasteiger partial charge in [-0.1, -0.05) is 44.2 Å². The molecule has 2 aromatic carbocycles. The summed E-state index contributed by atoms with van der Waals surface area (Å²) in [7, 11) is -3.10. The molecule has 7 heteroatoms. The molecule has 1 heterocycles. The largest absolute Gasteiger partial charge is 0.744 e. The van der Waals surface area contributed by atoms with Crippen LogP contribution in [0.1, 0.15) is 84.1 Å². The maximum atomic E-state index is 11.8. The van der Waals surface area contributed by atoms with Crippen molar-refractivity contribution in [3.8, 4) is 0 Å². The molecule has 0 fully saturated rings. The first-order valence-electron chi connectivity index (χ1n) is 12.3. The summed E-state index contributed by atoms with van der Waals surface area (Å²) in [6, 6.07) is 8.73. The molecular formula is C27H37NO5S. The van der Waals surface area contributed by atoms with E-state index in [0.29, 0.717) is 11.8 Å². The minimum Gasteiger partial charge on any atom is -0.744 e. The highest BCUT2D eigenvalue weighted by Gasteiger charge is 2.44. The number of esters is 1. The molecule has 6 nitrogen and oxygen atoms in total. The van der Waals surface area contributed by atoms with Crippen molar-refractivity contribution in [2.45, 2.75) is 88.9 Å². The lowest BCUT2D eigenvalue weighted by atomic mass is 9.80. The predicted octanol–water partition coefficient (Wildman–Crippen LogP) is 5.82. The van der Waals surface area contributed by atoms with Crippen LogP contribution in [0, 0.1) is 0 Å². The predicted molar refractivity (Wildman–Crippen MR) is 134 cm³/mol. The summed E-state index contributed by atoms with van der Waals surface area (Å²) in [5, 5.41) is 1.35. The van der Waals surface area contributed by atoms with E-state index in [-0.39, 0.29) is 16.3 Å². The number of fused-ring (bicyclic) bond motifs is 3. The number of hydrogen-bond donors (Lipinski definition) is 0. The first-order chi connectivity index (χ1) is 16.1. The third kappa shape index (κ3) is 5.69. The zero-order valence-corrected chi connectivity index (χ0v) is 21.7. The van der Waals surface area contributed by atoms with E-state index in [1.54, 1.807) is 12.1 Å². The highest BCUT2D eigenvalue weighted by molar-refractivity contribution is 7.86. The molecule has 2 aromatic rings. The summed E-state index contributed by atoms with van der Waals surface area (Å²) in [5.41, 5.74) is 3.21. The van der Waals surface area contributed by atoms with E-state index in [4.69, 9.17) is 0 Å². The molecule has 3 rings (SSSR count). The molecule has 0 aromatic heterocycles. The number of methoxy groups -OCH3 is 1. The van der Waals surface area contributed by atoms with Gasteiger partial charge in [0.25, 0.3) is 0 Å². The maximum absolute atomic E-state index is 11.8. The molecule has 1 aliphatic heterocycles.